The van der Waals surface area contributed by atoms with Crippen molar-refractivity contribution in [3.8, 4) is 0 Å². The number of amides is 1. The molecule has 7 nitrogen and oxygen atoms in total. The van der Waals surface area contributed by atoms with Gasteiger partial charge in [-0.1, -0.05) is 12.8 Å². The van der Waals surface area contributed by atoms with Crippen LogP contribution in [0.5, 0.6) is 0 Å². The molecular weight excluding hydrogens is 352 g/mol. The van der Waals surface area contributed by atoms with Gasteiger partial charge in [-0.25, -0.2) is 4.98 Å². The highest BCUT2D eigenvalue weighted by Crippen LogP contribution is 2.35. The lowest BCUT2D eigenvalue weighted by Gasteiger charge is -2.32. The number of hydrogen-bond donors (Lipinski definition) is 0. The summed E-state index contributed by atoms with van der Waals surface area (Å²) in [5.41, 5.74) is 3.26. The number of likely N-dealkylation sites (N-methyl/N-ethyl adjacent to an activating group) is 1. The van der Waals surface area contributed by atoms with Crippen LogP contribution in [0, 0.1) is 6.92 Å². The van der Waals surface area contributed by atoms with Crippen molar-refractivity contribution in [2.45, 2.75) is 38.6 Å². The second-order valence-electron chi connectivity index (χ2n) is 8.17. The summed E-state index contributed by atoms with van der Waals surface area (Å²) in [5.74, 6) is 1.09. The Morgan fingerprint density at radius 2 is 1.82 bits per heavy atom. The molecule has 7 heteroatoms. The molecule has 28 heavy (non-hydrogen) atoms. The van der Waals surface area contributed by atoms with Crippen LogP contribution in [0.25, 0.3) is 22.1 Å². The average Bonchev–Trinajstić information content (AvgIpc) is 3.34. The molecule has 5 rings (SSSR count). The van der Waals surface area contributed by atoms with Crippen LogP contribution in [0.2, 0.25) is 0 Å². The maximum atomic E-state index is 13.1. The highest BCUT2D eigenvalue weighted by Gasteiger charge is 2.25. The summed E-state index contributed by atoms with van der Waals surface area (Å²) in [6.45, 7) is 5.43. The smallest absolute Gasteiger partial charge is 0.253 e. The number of aryl methyl sites for hydroxylation is 1. The molecule has 0 atom stereocenters. The molecule has 0 radical (unpaired) electrons. The predicted molar refractivity (Wildman–Crippen MR) is 108 cm³/mol. The second-order valence-corrected chi connectivity index (χ2v) is 8.17. The van der Waals surface area contributed by atoms with E-state index >= 15 is 0 Å². The molecule has 2 fully saturated rings. The van der Waals surface area contributed by atoms with E-state index in [0.717, 1.165) is 54.0 Å². The van der Waals surface area contributed by atoms with Gasteiger partial charge in [0.2, 0.25) is 5.65 Å². The highest BCUT2D eigenvalue weighted by atomic mass is 16.2. The molecule has 0 bridgehead atoms. The van der Waals surface area contributed by atoms with Gasteiger partial charge in [-0.3, -0.25) is 4.79 Å². The number of benzene rings is 1. The Hall–Kier alpha value is -2.54. The summed E-state index contributed by atoms with van der Waals surface area (Å²) in [6.07, 6.45) is 4.87. The van der Waals surface area contributed by atoms with Crippen LogP contribution in [-0.4, -0.2) is 68.7 Å². The molecule has 1 saturated heterocycles. The second kappa shape index (κ2) is 6.81. The molecule has 1 aromatic carbocycles. The van der Waals surface area contributed by atoms with Crippen molar-refractivity contribution in [2.75, 3.05) is 33.2 Å². The molecule has 0 unspecified atom stereocenters. The third-order valence-corrected chi connectivity index (χ3v) is 6.30. The number of carbonyl (C=O) groups is 1. The van der Waals surface area contributed by atoms with E-state index in [9.17, 15) is 4.79 Å². The van der Waals surface area contributed by atoms with Gasteiger partial charge in [-0.15, -0.1) is 10.2 Å². The summed E-state index contributed by atoms with van der Waals surface area (Å²) in [4.78, 5) is 22.0. The van der Waals surface area contributed by atoms with Gasteiger partial charge in [0.05, 0.1) is 11.0 Å². The summed E-state index contributed by atoms with van der Waals surface area (Å²) in [7, 11) is 2.10. The molecule has 2 aliphatic rings. The molecule has 1 amide bonds. The molecule has 1 aliphatic carbocycles. The summed E-state index contributed by atoms with van der Waals surface area (Å²) in [6, 6.07) is 6.27. The van der Waals surface area contributed by atoms with Gasteiger partial charge in [-0.2, -0.15) is 0 Å². The standard InChI is InChI=1S/C21H26N6O/c1-14-22-20-19(27(14)16-5-3-4-6-16)17-13-15(7-8-18(17)23-24-20)21(28)26-11-9-25(2)10-12-26/h7-8,13,16H,3-6,9-12H2,1-2H3. The molecule has 0 spiro atoms. The molecular formula is C21H26N6O. The zero-order valence-electron chi connectivity index (χ0n) is 16.6. The largest absolute Gasteiger partial charge is 0.336 e. The molecule has 3 heterocycles. The first-order valence-electron chi connectivity index (χ1n) is 10.2. The number of piperazine rings is 1. The number of nitrogens with zero attached hydrogens (tertiary/aromatic N) is 6. The maximum absolute atomic E-state index is 13.1. The molecule has 1 saturated carbocycles. The minimum Gasteiger partial charge on any atom is -0.336 e. The van der Waals surface area contributed by atoms with Crippen LogP contribution < -0.4 is 0 Å². The van der Waals surface area contributed by atoms with E-state index in [1.54, 1.807) is 0 Å². The number of rotatable bonds is 2. The fourth-order valence-electron chi connectivity index (χ4n) is 4.70. The lowest BCUT2D eigenvalue weighted by atomic mass is 10.1. The molecule has 1 aliphatic heterocycles. The third-order valence-electron chi connectivity index (χ3n) is 6.30. The maximum Gasteiger partial charge on any atom is 0.253 e. The van der Waals surface area contributed by atoms with E-state index in [4.69, 9.17) is 0 Å². The van der Waals surface area contributed by atoms with Crippen molar-refractivity contribution in [3.63, 3.8) is 0 Å². The number of fused-ring (bicyclic) bond motifs is 3. The van der Waals surface area contributed by atoms with Gasteiger partial charge < -0.3 is 14.4 Å². The van der Waals surface area contributed by atoms with Crippen molar-refractivity contribution in [1.29, 1.82) is 0 Å². The topological polar surface area (TPSA) is 67.2 Å². The van der Waals surface area contributed by atoms with E-state index in [1.807, 2.05) is 30.0 Å². The van der Waals surface area contributed by atoms with E-state index in [0.29, 0.717) is 11.7 Å². The molecule has 0 N–H and O–H groups in total. The van der Waals surface area contributed by atoms with Gasteiger partial charge in [-0.05, 0) is 45.0 Å². The van der Waals surface area contributed by atoms with Crippen LogP contribution >= 0.6 is 0 Å². The SMILES string of the molecule is Cc1nc2nnc3ccc(C(=O)N4CCN(C)CC4)cc3c2n1C1CCCC1. The Labute approximate surface area is 164 Å². The lowest BCUT2D eigenvalue weighted by Crippen LogP contribution is -2.47. The summed E-state index contributed by atoms with van der Waals surface area (Å²) < 4.78 is 2.34. The first-order chi connectivity index (χ1) is 13.6. The number of aromatic nitrogens is 4. The summed E-state index contributed by atoms with van der Waals surface area (Å²) in [5, 5.41) is 9.69. The van der Waals surface area contributed by atoms with E-state index in [1.165, 1.54) is 25.7 Å². The lowest BCUT2D eigenvalue weighted by molar-refractivity contribution is 0.0664. The Bertz CT molecular complexity index is 1040. The Kier molecular flexibility index (Phi) is 4.27. The average molecular weight is 378 g/mol. The highest BCUT2D eigenvalue weighted by molar-refractivity contribution is 6.05. The van der Waals surface area contributed by atoms with Gasteiger partial charge in [0.25, 0.3) is 5.91 Å². The molecule has 146 valence electrons. The fraction of sp³-hybridized carbons (Fsp3) is 0.524. The van der Waals surface area contributed by atoms with E-state index in [-0.39, 0.29) is 5.91 Å². The number of hydrogen-bond acceptors (Lipinski definition) is 5. The van der Waals surface area contributed by atoms with Crippen LogP contribution in [0.3, 0.4) is 0 Å². The first-order valence-corrected chi connectivity index (χ1v) is 10.2. The van der Waals surface area contributed by atoms with Gasteiger partial charge in [0.1, 0.15) is 5.82 Å². The van der Waals surface area contributed by atoms with Crippen molar-refractivity contribution in [1.82, 2.24) is 29.5 Å². The summed E-state index contributed by atoms with van der Waals surface area (Å²) >= 11 is 0. The quantitative estimate of drug-likeness (QED) is 0.686. The van der Waals surface area contributed by atoms with Crippen LogP contribution in [-0.2, 0) is 0 Å². The number of carbonyl (C=O) groups excluding carboxylic acids is 1. The predicted octanol–water partition coefficient (Wildman–Crippen LogP) is 2.79. The third kappa shape index (κ3) is 2.85. The van der Waals surface area contributed by atoms with Crippen molar-refractivity contribution < 1.29 is 4.79 Å². The first kappa shape index (κ1) is 17.6. The normalized spacial score (nSPS) is 19.1. The van der Waals surface area contributed by atoms with Gasteiger partial charge >= 0.3 is 0 Å². The van der Waals surface area contributed by atoms with Crippen molar-refractivity contribution in [3.05, 3.63) is 29.6 Å². The molecule has 2 aromatic heterocycles. The van der Waals surface area contributed by atoms with Crippen LogP contribution in [0.4, 0.5) is 0 Å². The van der Waals surface area contributed by atoms with Crippen molar-refractivity contribution in [2.24, 2.45) is 0 Å². The van der Waals surface area contributed by atoms with Crippen LogP contribution in [0.15, 0.2) is 18.2 Å². The van der Waals surface area contributed by atoms with Crippen LogP contribution in [0.1, 0.15) is 47.9 Å². The van der Waals surface area contributed by atoms with E-state index in [2.05, 4.69) is 31.7 Å². The van der Waals surface area contributed by atoms with Crippen molar-refractivity contribution >= 4 is 28.0 Å². The number of imidazole rings is 1. The molecule has 3 aromatic rings. The van der Waals surface area contributed by atoms with Gasteiger partial charge in [0.15, 0.2) is 0 Å². The van der Waals surface area contributed by atoms with E-state index < -0.39 is 0 Å². The zero-order chi connectivity index (χ0) is 19.3. The fourth-order valence-corrected chi connectivity index (χ4v) is 4.70. The zero-order valence-corrected chi connectivity index (χ0v) is 16.6. The Balaban J connectivity index is 1.61. The monoisotopic (exact) mass is 378 g/mol. The minimum absolute atomic E-state index is 0.101. The minimum atomic E-state index is 0.101. The van der Waals surface area contributed by atoms with Gasteiger partial charge in [0, 0.05) is 43.2 Å². The Morgan fingerprint density at radius 3 is 2.57 bits per heavy atom. The Morgan fingerprint density at radius 1 is 1.07 bits per heavy atom.